The molecule has 5 heteroatoms. The molecule has 0 atom stereocenters. The Morgan fingerprint density at radius 1 is 1.50 bits per heavy atom. The van der Waals surface area contributed by atoms with Gasteiger partial charge in [0, 0.05) is 24.1 Å². The first-order chi connectivity index (χ1) is 9.52. The normalized spacial score (nSPS) is 9.85. The van der Waals surface area contributed by atoms with Crippen LogP contribution in [0.4, 0.5) is 9.18 Å². The minimum absolute atomic E-state index is 0.0103. The van der Waals surface area contributed by atoms with E-state index in [0.717, 1.165) is 0 Å². The number of amides is 1. The van der Waals surface area contributed by atoms with E-state index >= 15 is 0 Å². The highest BCUT2D eigenvalue weighted by Gasteiger charge is 2.07. The van der Waals surface area contributed by atoms with Gasteiger partial charge in [0.15, 0.2) is 0 Å². The molecule has 0 aromatic heterocycles. The van der Waals surface area contributed by atoms with Crippen LogP contribution in [-0.4, -0.2) is 23.9 Å². The summed E-state index contributed by atoms with van der Waals surface area (Å²) in [6, 6.07) is 4.42. The third-order valence-corrected chi connectivity index (χ3v) is 2.28. The van der Waals surface area contributed by atoms with Crippen LogP contribution in [0.15, 0.2) is 18.2 Å². The summed E-state index contributed by atoms with van der Waals surface area (Å²) in [5, 5.41) is 11.1. The number of rotatable bonds is 4. The number of alkyl carbamates (subject to hydrolysis) is 1. The molecule has 0 aliphatic rings. The molecular weight excluding hydrogens is 261 g/mol. The number of nitrogens with one attached hydrogen (secondary N) is 1. The van der Waals surface area contributed by atoms with Gasteiger partial charge in [0.05, 0.1) is 12.7 Å². The maximum Gasteiger partial charge on any atom is 0.407 e. The van der Waals surface area contributed by atoms with Crippen LogP contribution in [0.1, 0.15) is 31.4 Å². The number of benzene rings is 1. The molecule has 4 nitrogen and oxygen atoms in total. The summed E-state index contributed by atoms with van der Waals surface area (Å²) in [5.74, 6) is 5.15. The second-order valence-electron chi connectivity index (χ2n) is 4.39. The molecule has 0 heterocycles. The summed E-state index contributed by atoms with van der Waals surface area (Å²) in [6.07, 6.45) is -0.447. The smallest absolute Gasteiger partial charge is 0.407 e. The van der Waals surface area contributed by atoms with Gasteiger partial charge in [0.2, 0.25) is 0 Å². The first kappa shape index (κ1) is 16.0. The molecule has 0 saturated heterocycles. The van der Waals surface area contributed by atoms with Crippen molar-refractivity contribution < 1.29 is 19.0 Å². The van der Waals surface area contributed by atoms with E-state index in [-0.39, 0.29) is 19.3 Å². The fourth-order valence-electron chi connectivity index (χ4n) is 1.43. The fourth-order valence-corrected chi connectivity index (χ4v) is 1.43. The lowest BCUT2D eigenvalue weighted by atomic mass is 10.1. The van der Waals surface area contributed by atoms with Crippen molar-refractivity contribution in [2.24, 2.45) is 0 Å². The first-order valence-corrected chi connectivity index (χ1v) is 6.35. The lowest BCUT2D eigenvalue weighted by Crippen LogP contribution is -2.26. The zero-order chi connectivity index (χ0) is 15.0. The summed E-state index contributed by atoms with van der Waals surface area (Å²) in [7, 11) is 0. The lowest BCUT2D eigenvalue weighted by Gasteiger charge is -2.10. The van der Waals surface area contributed by atoms with Gasteiger partial charge in [-0.2, -0.15) is 0 Å². The monoisotopic (exact) mass is 279 g/mol. The van der Waals surface area contributed by atoms with Gasteiger partial charge in [0.25, 0.3) is 0 Å². The minimum Gasteiger partial charge on any atom is -0.447 e. The van der Waals surface area contributed by atoms with Gasteiger partial charge in [-0.3, -0.25) is 0 Å². The number of hydrogen-bond acceptors (Lipinski definition) is 3. The van der Waals surface area contributed by atoms with Crippen molar-refractivity contribution in [3.8, 4) is 11.8 Å². The molecule has 1 aromatic carbocycles. The number of carbonyl (C=O) groups excluding carboxylic acids is 1. The lowest BCUT2D eigenvalue weighted by molar-refractivity contribution is 0.115. The van der Waals surface area contributed by atoms with Gasteiger partial charge in [-0.25, -0.2) is 9.18 Å². The van der Waals surface area contributed by atoms with Gasteiger partial charge >= 0.3 is 6.09 Å². The number of ether oxygens (including phenoxy) is 1. The van der Waals surface area contributed by atoms with Crippen LogP contribution in [0.25, 0.3) is 0 Å². The molecule has 0 spiro atoms. The van der Waals surface area contributed by atoms with Gasteiger partial charge in [-0.05, 0) is 32.0 Å². The number of hydrogen-bond donors (Lipinski definition) is 2. The van der Waals surface area contributed by atoms with Crippen LogP contribution in [0.5, 0.6) is 0 Å². The Hall–Kier alpha value is -2.06. The highest BCUT2D eigenvalue weighted by molar-refractivity contribution is 5.67. The Labute approximate surface area is 117 Å². The quantitative estimate of drug-likeness (QED) is 0.831. The minimum atomic E-state index is -0.587. The van der Waals surface area contributed by atoms with Crippen molar-refractivity contribution >= 4 is 6.09 Å². The molecule has 0 radical (unpaired) electrons. The molecule has 0 aliphatic carbocycles. The standard InChI is InChI=1S/C15H18FNO3/c1-11(2)20-15(19)17-10-13-9-12(5-3-4-8-18)6-7-14(13)16/h6-7,9,11,18H,4,8,10H2,1-2H3,(H,17,19). The molecule has 0 saturated carbocycles. The maximum absolute atomic E-state index is 13.6. The maximum atomic E-state index is 13.6. The Balaban J connectivity index is 2.68. The molecular formula is C15H18FNO3. The van der Waals surface area contributed by atoms with Crippen LogP contribution in [0, 0.1) is 17.7 Å². The van der Waals surface area contributed by atoms with E-state index in [4.69, 9.17) is 9.84 Å². The van der Waals surface area contributed by atoms with Gasteiger partial charge in [-0.15, -0.1) is 0 Å². The van der Waals surface area contributed by atoms with E-state index in [1.807, 2.05) is 0 Å². The molecule has 1 aromatic rings. The first-order valence-electron chi connectivity index (χ1n) is 6.35. The number of halogens is 1. The van der Waals surface area contributed by atoms with Crippen molar-refractivity contribution in [1.29, 1.82) is 0 Å². The molecule has 0 fully saturated rings. The van der Waals surface area contributed by atoms with E-state index in [0.29, 0.717) is 17.5 Å². The average molecular weight is 279 g/mol. The second kappa shape index (κ2) is 8.18. The van der Waals surface area contributed by atoms with Crippen LogP contribution in [0.3, 0.4) is 0 Å². The Morgan fingerprint density at radius 3 is 2.90 bits per heavy atom. The van der Waals surface area contributed by atoms with Gasteiger partial charge < -0.3 is 15.2 Å². The molecule has 108 valence electrons. The molecule has 2 N–H and O–H groups in total. The van der Waals surface area contributed by atoms with Crippen LogP contribution in [-0.2, 0) is 11.3 Å². The summed E-state index contributed by atoms with van der Waals surface area (Å²) < 4.78 is 18.5. The fraction of sp³-hybridized carbons (Fsp3) is 0.400. The van der Waals surface area contributed by atoms with E-state index < -0.39 is 11.9 Å². The van der Waals surface area contributed by atoms with Crippen LogP contribution >= 0.6 is 0 Å². The highest BCUT2D eigenvalue weighted by Crippen LogP contribution is 2.10. The Kier molecular flexibility index (Phi) is 6.54. The molecule has 0 bridgehead atoms. The highest BCUT2D eigenvalue weighted by atomic mass is 19.1. The average Bonchev–Trinajstić information content (AvgIpc) is 2.38. The van der Waals surface area contributed by atoms with E-state index in [1.165, 1.54) is 6.07 Å². The summed E-state index contributed by atoms with van der Waals surface area (Å²) in [4.78, 5) is 11.3. The van der Waals surface area contributed by atoms with Crippen molar-refractivity contribution in [2.75, 3.05) is 6.61 Å². The van der Waals surface area contributed by atoms with Crippen molar-refractivity contribution in [2.45, 2.75) is 32.9 Å². The van der Waals surface area contributed by atoms with Gasteiger partial charge in [-0.1, -0.05) is 11.8 Å². The second-order valence-corrected chi connectivity index (χ2v) is 4.39. The van der Waals surface area contributed by atoms with Crippen LogP contribution in [0.2, 0.25) is 0 Å². The largest absolute Gasteiger partial charge is 0.447 e. The van der Waals surface area contributed by atoms with E-state index in [2.05, 4.69) is 17.2 Å². The van der Waals surface area contributed by atoms with Crippen molar-refractivity contribution in [3.63, 3.8) is 0 Å². The molecule has 20 heavy (non-hydrogen) atoms. The number of aliphatic hydroxyl groups is 1. The predicted molar refractivity (Wildman–Crippen MR) is 73.4 cm³/mol. The van der Waals surface area contributed by atoms with Crippen molar-refractivity contribution in [3.05, 3.63) is 35.1 Å². The van der Waals surface area contributed by atoms with Crippen LogP contribution < -0.4 is 5.32 Å². The Morgan fingerprint density at radius 2 is 2.25 bits per heavy atom. The topological polar surface area (TPSA) is 58.6 Å². The SMILES string of the molecule is CC(C)OC(=O)NCc1cc(C#CCCO)ccc1F. The van der Waals surface area contributed by atoms with E-state index in [1.54, 1.807) is 26.0 Å². The third kappa shape index (κ3) is 5.72. The molecule has 1 amide bonds. The third-order valence-electron chi connectivity index (χ3n) is 2.28. The number of carbonyl (C=O) groups is 1. The zero-order valence-electron chi connectivity index (χ0n) is 11.6. The summed E-state index contributed by atoms with van der Waals surface area (Å²) in [6.45, 7) is 3.49. The molecule has 0 aliphatic heterocycles. The summed E-state index contributed by atoms with van der Waals surface area (Å²) >= 11 is 0. The van der Waals surface area contributed by atoms with Gasteiger partial charge in [0.1, 0.15) is 5.82 Å². The Bertz CT molecular complexity index is 518. The molecule has 1 rings (SSSR count). The number of aliphatic hydroxyl groups excluding tert-OH is 1. The molecule has 0 unspecified atom stereocenters. The predicted octanol–water partition coefficient (Wildman–Crippen LogP) is 2.19. The summed E-state index contributed by atoms with van der Waals surface area (Å²) in [5.41, 5.74) is 0.968. The van der Waals surface area contributed by atoms with Crippen molar-refractivity contribution in [1.82, 2.24) is 5.32 Å². The van der Waals surface area contributed by atoms with E-state index in [9.17, 15) is 9.18 Å². The zero-order valence-corrected chi connectivity index (χ0v) is 11.6.